The molecule has 0 radical (unpaired) electrons. The maximum atomic E-state index is 15.1. The van der Waals surface area contributed by atoms with E-state index >= 15 is 4.79 Å². The summed E-state index contributed by atoms with van der Waals surface area (Å²) in [7, 11) is 0. The number of aliphatic hydroxyl groups is 1. The van der Waals surface area contributed by atoms with Crippen LogP contribution in [-0.2, 0) is 28.5 Å². The number of likely N-dealkylation sites (tertiary alicyclic amines) is 1. The molecule has 13 atom stereocenters. The highest BCUT2D eigenvalue weighted by Gasteiger charge is 2.85. The molecule has 0 bridgehead atoms. The van der Waals surface area contributed by atoms with E-state index in [-0.39, 0.29) is 51.7 Å². The first-order chi connectivity index (χ1) is 23.8. The molecule has 3 aliphatic heterocycles. The van der Waals surface area contributed by atoms with Crippen LogP contribution in [0.25, 0.3) is 0 Å². The highest BCUT2D eigenvalue weighted by molar-refractivity contribution is 5.93. The first kappa shape index (κ1) is 36.9. The number of morpholine rings is 1. The molecule has 3 saturated heterocycles. The van der Waals surface area contributed by atoms with Crippen molar-refractivity contribution in [2.45, 2.75) is 169 Å². The van der Waals surface area contributed by atoms with Crippen molar-refractivity contribution in [2.24, 2.45) is 50.7 Å². The molecule has 8 fully saturated rings. The van der Waals surface area contributed by atoms with Gasteiger partial charge in [0, 0.05) is 56.5 Å². The summed E-state index contributed by atoms with van der Waals surface area (Å²) in [6, 6.07) is 1.22. The minimum atomic E-state index is -1.28. The molecular formula is C42H68N2O7. The third-order valence-electron chi connectivity index (χ3n) is 17.3. The van der Waals surface area contributed by atoms with E-state index in [2.05, 4.69) is 58.3 Å². The summed E-state index contributed by atoms with van der Waals surface area (Å²) in [4.78, 5) is 32.3. The molecule has 3 heterocycles. The predicted octanol–water partition coefficient (Wildman–Crippen LogP) is 5.85. The van der Waals surface area contributed by atoms with E-state index in [1.54, 1.807) is 13.8 Å². The van der Waals surface area contributed by atoms with Gasteiger partial charge in [-0.15, -0.1) is 0 Å². The molecule has 0 unspecified atom stereocenters. The van der Waals surface area contributed by atoms with Crippen LogP contribution in [0.1, 0.15) is 121 Å². The van der Waals surface area contributed by atoms with Gasteiger partial charge in [-0.05, 0) is 118 Å². The largest absolute Gasteiger partial charge is 0.457 e. The zero-order valence-electron chi connectivity index (χ0n) is 33.3. The maximum absolute atomic E-state index is 15.1. The van der Waals surface area contributed by atoms with E-state index in [9.17, 15) is 9.90 Å². The monoisotopic (exact) mass is 713 g/mol. The fourth-order valence-electron chi connectivity index (χ4n) is 14.7. The Morgan fingerprint density at radius 1 is 1.00 bits per heavy atom. The summed E-state index contributed by atoms with van der Waals surface area (Å²) in [5.41, 5.74) is -1.38. The minimum absolute atomic E-state index is 0.0340. The van der Waals surface area contributed by atoms with Gasteiger partial charge in [-0.2, -0.15) is 0 Å². The molecule has 1 N–H and O–H groups in total. The average molecular weight is 713 g/mol. The smallest absolute Gasteiger partial charge is 0.303 e. The van der Waals surface area contributed by atoms with Gasteiger partial charge < -0.3 is 24.1 Å². The summed E-state index contributed by atoms with van der Waals surface area (Å²) in [6.07, 6.45) is 6.78. The normalized spacial score (nSPS) is 48.8. The van der Waals surface area contributed by atoms with Gasteiger partial charge in [0.25, 0.3) is 0 Å². The molecule has 288 valence electrons. The van der Waals surface area contributed by atoms with Crippen molar-refractivity contribution in [3.8, 4) is 0 Å². The minimum Gasteiger partial charge on any atom is -0.457 e. The van der Waals surface area contributed by atoms with Gasteiger partial charge >= 0.3 is 5.97 Å². The number of hydrogen-bond donors (Lipinski definition) is 1. The zero-order chi connectivity index (χ0) is 36.7. The summed E-state index contributed by atoms with van der Waals surface area (Å²) in [5.74, 6) is 1.10. The number of ether oxygens (including phenoxy) is 4. The molecular weight excluding hydrogens is 644 g/mol. The molecule has 0 amide bonds. The molecule has 2 spiro atoms. The lowest BCUT2D eigenvalue weighted by atomic mass is 9.41. The Morgan fingerprint density at radius 3 is 2.35 bits per heavy atom. The lowest BCUT2D eigenvalue weighted by Gasteiger charge is -2.62. The van der Waals surface area contributed by atoms with E-state index in [0.29, 0.717) is 30.3 Å². The highest BCUT2D eigenvalue weighted by atomic mass is 16.7. The number of hydrogen-bond acceptors (Lipinski definition) is 9. The Bertz CT molecular complexity index is 1410. The lowest BCUT2D eigenvalue weighted by Crippen LogP contribution is -2.64. The second kappa shape index (κ2) is 11.9. The van der Waals surface area contributed by atoms with Crippen LogP contribution in [0, 0.1) is 50.7 Å². The fraction of sp³-hybridized carbons (Fsp3) is 0.952. The zero-order valence-corrected chi connectivity index (χ0v) is 33.3. The van der Waals surface area contributed by atoms with Crippen LogP contribution < -0.4 is 0 Å². The van der Waals surface area contributed by atoms with E-state index < -0.39 is 35.3 Å². The summed E-state index contributed by atoms with van der Waals surface area (Å²) in [5, 5.41) is 11.0. The van der Waals surface area contributed by atoms with Crippen LogP contribution in [0.3, 0.4) is 0 Å². The van der Waals surface area contributed by atoms with Crippen LogP contribution in [-0.4, -0.2) is 108 Å². The van der Waals surface area contributed by atoms with Crippen molar-refractivity contribution in [1.82, 2.24) is 9.80 Å². The van der Waals surface area contributed by atoms with Crippen LogP contribution >= 0.6 is 0 Å². The number of rotatable bonds is 7. The maximum Gasteiger partial charge on any atom is 0.303 e. The van der Waals surface area contributed by atoms with Crippen LogP contribution in [0.5, 0.6) is 0 Å². The van der Waals surface area contributed by atoms with Crippen molar-refractivity contribution in [2.75, 3.05) is 32.8 Å². The van der Waals surface area contributed by atoms with Crippen molar-refractivity contribution in [3.63, 3.8) is 0 Å². The van der Waals surface area contributed by atoms with E-state index in [1.165, 1.54) is 26.2 Å². The number of carbonyl (C=O) groups is 2. The second-order valence-electron chi connectivity index (χ2n) is 20.7. The number of fused-ring (bicyclic) bond motifs is 4. The number of carbonyl (C=O) groups excluding carboxylic acids is 2. The van der Waals surface area contributed by atoms with Crippen LogP contribution in [0.2, 0.25) is 0 Å². The van der Waals surface area contributed by atoms with E-state index in [0.717, 1.165) is 58.5 Å². The molecule has 0 aromatic rings. The Balaban J connectivity index is 0.995. The summed E-state index contributed by atoms with van der Waals surface area (Å²) >= 11 is 0. The van der Waals surface area contributed by atoms with Crippen LogP contribution in [0.4, 0.5) is 0 Å². The highest BCUT2D eigenvalue weighted by Crippen LogP contribution is 2.89. The quantitative estimate of drug-likeness (QED) is 0.327. The van der Waals surface area contributed by atoms with E-state index in [1.807, 2.05) is 0 Å². The SMILES string of the molecule is CC(=O)O[C@@H]([C@H]1C[C@@H](C)[C@H]2[C@H](O1)C(=O)[C@@]1(C)[C@@H]3CC[C@H]4C(C)(C)[C@@H](O[C@H]5CN(C6CN(C(C)C)C6)CCO5)CC[C@@]45C[C@@]35CC[C@]21C)C(C)(C)O. The van der Waals surface area contributed by atoms with E-state index in [4.69, 9.17) is 18.9 Å². The van der Waals surface area contributed by atoms with Crippen molar-refractivity contribution in [1.29, 1.82) is 0 Å². The molecule has 51 heavy (non-hydrogen) atoms. The Labute approximate surface area is 307 Å². The summed E-state index contributed by atoms with van der Waals surface area (Å²) in [6.45, 7) is 26.1. The number of ketones is 1. The third kappa shape index (κ3) is 5.12. The number of esters is 1. The second-order valence-corrected chi connectivity index (χ2v) is 20.7. The van der Waals surface area contributed by atoms with Gasteiger partial charge in [0.05, 0.1) is 24.4 Å². The van der Waals surface area contributed by atoms with Gasteiger partial charge in [0.2, 0.25) is 0 Å². The first-order valence-electron chi connectivity index (χ1n) is 20.6. The Hall–Kier alpha value is -1.10. The molecule has 5 aliphatic carbocycles. The molecule has 9 nitrogen and oxygen atoms in total. The third-order valence-corrected chi connectivity index (χ3v) is 17.3. The van der Waals surface area contributed by atoms with Crippen molar-refractivity contribution in [3.05, 3.63) is 0 Å². The first-order valence-corrected chi connectivity index (χ1v) is 20.6. The standard InChI is InChI=1S/C42H68N2O7/c1-24(2)44-20-27(21-44)43-17-18-48-32(22-43)51-31-13-14-41-23-42(41)16-15-39(9)33-25(3)19-28(36(38(7,8)47)49-26(4)45)50-34(33)35(46)40(39,10)30(42)12-11-29(41)37(31,5)6/h24-25,27-34,36,47H,11-23H2,1-10H3/t25-,28-,29+,30+,31+,32+,33+,34+,36+,39-,40-,41-,42+/m1/s1. The molecule has 5 saturated carbocycles. The average Bonchev–Trinajstić information content (AvgIpc) is 3.64. The predicted molar refractivity (Wildman–Crippen MR) is 194 cm³/mol. The number of nitrogens with zero attached hydrogens (tertiary/aromatic N) is 2. The van der Waals surface area contributed by atoms with Gasteiger partial charge in [-0.25, -0.2) is 0 Å². The van der Waals surface area contributed by atoms with Crippen LogP contribution in [0.15, 0.2) is 0 Å². The summed E-state index contributed by atoms with van der Waals surface area (Å²) < 4.78 is 25.8. The fourth-order valence-corrected chi connectivity index (χ4v) is 14.7. The van der Waals surface area contributed by atoms with Gasteiger partial charge in [0.15, 0.2) is 18.2 Å². The molecule has 8 rings (SSSR count). The van der Waals surface area contributed by atoms with Crippen molar-refractivity contribution < 1.29 is 33.6 Å². The Kier molecular flexibility index (Phi) is 8.63. The number of Topliss-reactive ketones (excluding diaryl/α,β-unsaturated/α-hetero) is 1. The van der Waals surface area contributed by atoms with Gasteiger partial charge in [-0.3, -0.25) is 19.4 Å². The molecule has 0 aromatic heterocycles. The topological polar surface area (TPSA) is 97.8 Å². The van der Waals surface area contributed by atoms with Gasteiger partial charge in [0.1, 0.15) is 6.10 Å². The molecule has 8 aliphatic rings. The van der Waals surface area contributed by atoms with Gasteiger partial charge in [-0.1, -0.05) is 34.6 Å². The van der Waals surface area contributed by atoms with Crippen molar-refractivity contribution >= 4 is 11.8 Å². The lowest BCUT2D eigenvalue weighted by molar-refractivity contribution is -0.252. The molecule has 0 aromatic carbocycles. The Morgan fingerprint density at radius 2 is 1.69 bits per heavy atom. The molecule has 9 heteroatoms.